The summed E-state index contributed by atoms with van der Waals surface area (Å²) in [4.78, 5) is 16.8. The van der Waals surface area contributed by atoms with Crippen LogP contribution in [0.25, 0.3) is 11.1 Å². The predicted octanol–water partition coefficient (Wildman–Crippen LogP) is 4.43. The van der Waals surface area contributed by atoms with Crippen molar-refractivity contribution in [2.75, 3.05) is 0 Å². The molecule has 3 rings (SSSR count). The summed E-state index contributed by atoms with van der Waals surface area (Å²) in [5.41, 5.74) is 5.28. The molecule has 120 valence electrons. The maximum Gasteiger partial charge on any atom is 0.253 e. The first-order valence-electron chi connectivity index (χ1n) is 8.47. The molecule has 0 atom stereocenters. The number of nitrogens with zero attached hydrogens (tertiary/aromatic N) is 1. The highest BCUT2D eigenvalue weighted by molar-refractivity contribution is 5.95. The lowest BCUT2D eigenvalue weighted by Crippen LogP contribution is -2.36. The van der Waals surface area contributed by atoms with Crippen molar-refractivity contribution in [2.45, 2.75) is 52.0 Å². The van der Waals surface area contributed by atoms with Crippen molar-refractivity contribution in [2.24, 2.45) is 0 Å². The summed E-state index contributed by atoms with van der Waals surface area (Å²) in [7, 11) is 0. The van der Waals surface area contributed by atoms with Crippen molar-refractivity contribution in [1.82, 2.24) is 10.3 Å². The number of pyridine rings is 1. The van der Waals surface area contributed by atoms with Crippen LogP contribution in [0.15, 0.2) is 36.7 Å². The third-order valence-electron chi connectivity index (χ3n) is 4.86. The molecule has 1 aliphatic carbocycles. The zero-order valence-corrected chi connectivity index (χ0v) is 13.9. The van der Waals surface area contributed by atoms with Crippen molar-refractivity contribution < 1.29 is 4.79 Å². The smallest absolute Gasteiger partial charge is 0.253 e. The molecular weight excluding hydrogens is 284 g/mol. The van der Waals surface area contributed by atoms with Crippen LogP contribution in [0.3, 0.4) is 0 Å². The minimum Gasteiger partial charge on any atom is -0.349 e. The molecule has 1 fully saturated rings. The molecule has 2 aromatic rings. The first-order valence-corrected chi connectivity index (χ1v) is 8.47. The fourth-order valence-electron chi connectivity index (χ4n) is 3.29. The van der Waals surface area contributed by atoms with Gasteiger partial charge in [0, 0.05) is 24.0 Å². The molecule has 0 saturated heterocycles. The number of aromatic nitrogens is 1. The average Bonchev–Trinajstić information content (AvgIpc) is 2.58. The van der Waals surface area contributed by atoms with E-state index in [4.69, 9.17) is 0 Å². The van der Waals surface area contributed by atoms with Crippen LogP contribution in [-0.2, 0) is 0 Å². The van der Waals surface area contributed by atoms with Gasteiger partial charge in [0.2, 0.25) is 0 Å². The van der Waals surface area contributed by atoms with E-state index in [9.17, 15) is 4.79 Å². The highest BCUT2D eigenvalue weighted by Crippen LogP contribution is 2.25. The zero-order valence-electron chi connectivity index (χ0n) is 13.9. The summed E-state index contributed by atoms with van der Waals surface area (Å²) in [5, 5.41) is 3.16. The minimum atomic E-state index is -0.00319. The normalized spacial score (nSPS) is 15.4. The van der Waals surface area contributed by atoms with E-state index in [1.807, 2.05) is 18.3 Å². The summed E-state index contributed by atoms with van der Waals surface area (Å²) < 4.78 is 0. The first-order chi connectivity index (χ1) is 11.1. The molecular formula is C20H24N2O. The van der Waals surface area contributed by atoms with Gasteiger partial charge in [0.05, 0.1) is 5.56 Å². The molecule has 1 aliphatic rings. The number of hydrogen-bond acceptors (Lipinski definition) is 2. The highest BCUT2D eigenvalue weighted by atomic mass is 16.1. The van der Waals surface area contributed by atoms with Crippen LogP contribution in [0.5, 0.6) is 0 Å². The number of benzene rings is 1. The third-order valence-corrected chi connectivity index (χ3v) is 4.86. The van der Waals surface area contributed by atoms with Crippen molar-refractivity contribution in [3.63, 3.8) is 0 Å². The number of carbonyl (C=O) groups excluding carboxylic acids is 1. The third kappa shape index (κ3) is 3.61. The molecule has 1 aromatic heterocycles. The fourth-order valence-corrected chi connectivity index (χ4v) is 3.29. The summed E-state index contributed by atoms with van der Waals surface area (Å²) >= 11 is 0. The van der Waals surface area contributed by atoms with Gasteiger partial charge in [0.25, 0.3) is 5.91 Å². The second-order valence-corrected chi connectivity index (χ2v) is 6.52. The van der Waals surface area contributed by atoms with Gasteiger partial charge in [-0.3, -0.25) is 9.78 Å². The number of rotatable bonds is 3. The van der Waals surface area contributed by atoms with Gasteiger partial charge < -0.3 is 5.32 Å². The van der Waals surface area contributed by atoms with Crippen LogP contribution >= 0.6 is 0 Å². The molecule has 1 aromatic carbocycles. The summed E-state index contributed by atoms with van der Waals surface area (Å²) in [6.45, 7) is 4.21. The van der Waals surface area contributed by atoms with Crippen LogP contribution in [0, 0.1) is 13.8 Å². The molecule has 23 heavy (non-hydrogen) atoms. The summed E-state index contributed by atoms with van der Waals surface area (Å²) in [5.74, 6) is -0.00319. The van der Waals surface area contributed by atoms with Gasteiger partial charge in [-0.2, -0.15) is 0 Å². The Kier molecular flexibility index (Phi) is 4.75. The molecule has 3 heteroatoms. The highest BCUT2D eigenvalue weighted by Gasteiger charge is 2.17. The van der Waals surface area contributed by atoms with E-state index < -0.39 is 0 Å². The molecule has 0 spiro atoms. The number of carbonyl (C=O) groups is 1. The zero-order chi connectivity index (χ0) is 16.2. The molecule has 1 heterocycles. The quantitative estimate of drug-likeness (QED) is 0.911. The monoisotopic (exact) mass is 308 g/mol. The maximum absolute atomic E-state index is 12.5. The van der Waals surface area contributed by atoms with E-state index in [0.717, 1.165) is 24.0 Å². The van der Waals surface area contributed by atoms with E-state index in [2.05, 4.69) is 36.3 Å². The molecule has 0 radical (unpaired) electrons. The Bertz CT molecular complexity index is 703. The molecule has 1 amide bonds. The van der Waals surface area contributed by atoms with E-state index in [-0.39, 0.29) is 5.91 Å². The molecule has 0 bridgehead atoms. The van der Waals surface area contributed by atoms with E-state index in [1.165, 1.54) is 30.4 Å². The molecule has 0 aliphatic heterocycles. The van der Waals surface area contributed by atoms with Crippen molar-refractivity contribution in [3.05, 3.63) is 53.3 Å². The van der Waals surface area contributed by atoms with Crippen molar-refractivity contribution in [1.29, 1.82) is 0 Å². The Hall–Kier alpha value is -2.16. The fraction of sp³-hybridized carbons (Fsp3) is 0.400. The number of hydrogen-bond donors (Lipinski definition) is 1. The number of amides is 1. The Morgan fingerprint density at radius 1 is 1.13 bits per heavy atom. The predicted molar refractivity (Wildman–Crippen MR) is 93.5 cm³/mol. The Balaban J connectivity index is 1.81. The van der Waals surface area contributed by atoms with E-state index >= 15 is 0 Å². The van der Waals surface area contributed by atoms with Crippen LogP contribution in [0.1, 0.15) is 53.6 Å². The summed E-state index contributed by atoms with van der Waals surface area (Å²) in [6, 6.07) is 8.51. The van der Waals surface area contributed by atoms with Gasteiger partial charge in [-0.1, -0.05) is 37.5 Å². The van der Waals surface area contributed by atoms with Gasteiger partial charge in [0.1, 0.15) is 0 Å². The van der Waals surface area contributed by atoms with Crippen LogP contribution in [0.2, 0.25) is 0 Å². The minimum absolute atomic E-state index is 0.00319. The lowest BCUT2D eigenvalue weighted by Gasteiger charge is -2.22. The van der Waals surface area contributed by atoms with Gasteiger partial charge in [0.15, 0.2) is 0 Å². The lowest BCUT2D eigenvalue weighted by atomic mass is 9.95. The number of aryl methyl sites for hydroxylation is 1. The van der Waals surface area contributed by atoms with Gasteiger partial charge >= 0.3 is 0 Å². The van der Waals surface area contributed by atoms with E-state index in [1.54, 1.807) is 6.20 Å². The average molecular weight is 308 g/mol. The van der Waals surface area contributed by atoms with Crippen LogP contribution < -0.4 is 5.32 Å². The molecule has 1 saturated carbocycles. The molecule has 0 unspecified atom stereocenters. The molecule has 3 nitrogen and oxygen atoms in total. The molecule has 1 N–H and O–H groups in total. The number of nitrogens with one attached hydrogen (secondary N) is 1. The Labute approximate surface area is 138 Å². The standard InChI is InChI=1S/C20H24N2O/c1-14-7-6-10-19(15(14)2)16-11-17(13-21-12-16)20(23)22-18-8-4-3-5-9-18/h6-7,10-13,18H,3-5,8-9H2,1-2H3,(H,22,23). The first kappa shape index (κ1) is 15.7. The largest absolute Gasteiger partial charge is 0.349 e. The lowest BCUT2D eigenvalue weighted by molar-refractivity contribution is 0.0927. The van der Waals surface area contributed by atoms with Crippen LogP contribution in [-0.4, -0.2) is 16.9 Å². The van der Waals surface area contributed by atoms with Crippen molar-refractivity contribution >= 4 is 5.91 Å². The Morgan fingerprint density at radius 3 is 2.70 bits per heavy atom. The SMILES string of the molecule is Cc1cccc(-c2cncc(C(=O)NC3CCCCC3)c2)c1C. The van der Waals surface area contributed by atoms with E-state index in [0.29, 0.717) is 11.6 Å². The van der Waals surface area contributed by atoms with Gasteiger partial charge in [-0.05, 0) is 49.4 Å². The Morgan fingerprint density at radius 2 is 1.91 bits per heavy atom. The van der Waals surface area contributed by atoms with Crippen LogP contribution in [0.4, 0.5) is 0 Å². The van der Waals surface area contributed by atoms with Crippen molar-refractivity contribution in [3.8, 4) is 11.1 Å². The van der Waals surface area contributed by atoms with Gasteiger partial charge in [-0.25, -0.2) is 0 Å². The maximum atomic E-state index is 12.5. The topological polar surface area (TPSA) is 42.0 Å². The van der Waals surface area contributed by atoms with Gasteiger partial charge in [-0.15, -0.1) is 0 Å². The second-order valence-electron chi connectivity index (χ2n) is 6.52. The summed E-state index contributed by atoms with van der Waals surface area (Å²) in [6.07, 6.45) is 9.39. The second kappa shape index (κ2) is 6.95.